The number of nitrogens with zero attached hydrogens (tertiary/aromatic N) is 1. The van der Waals surface area contributed by atoms with Crippen LogP contribution in [-0.4, -0.2) is 79.7 Å². The van der Waals surface area contributed by atoms with Crippen molar-refractivity contribution in [3.63, 3.8) is 0 Å². The lowest BCUT2D eigenvalue weighted by Crippen LogP contribution is -2.39. The van der Waals surface area contributed by atoms with Crippen LogP contribution in [0.2, 0.25) is 0 Å². The number of ether oxygens (including phenoxy) is 4. The number of carbonyl (C=O) groups is 2. The molecule has 1 aliphatic rings. The van der Waals surface area contributed by atoms with E-state index in [9.17, 15) is 23.5 Å². The van der Waals surface area contributed by atoms with Crippen molar-refractivity contribution in [1.29, 1.82) is 0 Å². The predicted octanol–water partition coefficient (Wildman–Crippen LogP) is 4.54. The minimum Gasteiger partial charge on any atom is -0.492 e. The van der Waals surface area contributed by atoms with Crippen LogP contribution in [0.5, 0.6) is 5.75 Å². The highest BCUT2D eigenvalue weighted by Crippen LogP contribution is 2.22. The number of carboxylic acid groups (broad SMARTS) is 1. The van der Waals surface area contributed by atoms with E-state index in [1.54, 1.807) is 31.2 Å². The molecule has 2 rings (SSSR count). The van der Waals surface area contributed by atoms with Crippen LogP contribution in [0.4, 0.5) is 13.6 Å². The van der Waals surface area contributed by atoms with Crippen molar-refractivity contribution < 1.29 is 42.4 Å². The molecular weight excluding hydrogens is 464 g/mol. The molecule has 1 aromatic rings. The molecule has 198 valence electrons. The smallest absolute Gasteiger partial charge is 0.410 e. The van der Waals surface area contributed by atoms with Crippen molar-refractivity contribution in [1.82, 2.24) is 4.90 Å². The highest BCUT2D eigenvalue weighted by Gasteiger charge is 2.24. The maximum Gasteiger partial charge on any atom is 0.410 e. The molecule has 0 aliphatic heterocycles. The summed E-state index contributed by atoms with van der Waals surface area (Å²) >= 11 is 0. The van der Waals surface area contributed by atoms with E-state index in [0.717, 1.165) is 38.2 Å². The summed E-state index contributed by atoms with van der Waals surface area (Å²) in [6.45, 7) is 3.57. The molecule has 1 atom stereocenters. The van der Waals surface area contributed by atoms with Crippen LogP contribution >= 0.6 is 0 Å². The molecular formula is C25H37F2NO7. The molecule has 1 fully saturated rings. The van der Waals surface area contributed by atoms with E-state index in [0.29, 0.717) is 12.4 Å². The van der Waals surface area contributed by atoms with Crippen molar-refractivity contribution in [2.24, 2.45) is 0 Å². The van der Waals surface area contributed by atoms with E-state index >= 15 is 0 Å². The van der Waals surface area contributed by atoms with Crippen LogP contribution in [0.25, 0.3) is 0 Å². The quantitative estimate of drug-likeness (QED) is 0.332. The van der Waals surface area contributed by atoms with E-state index in [1.165, 1.54) is 4.90 Å². The number of hydrogen-bond acceptors (Lipinski definition) is 6. The van der Waals surface area contributed by atoms with Gasteiger partial charge in [-0.05, 0) is 57.2 Å². The fourth-order valence-electron chi connectivity index (χ4n) is 3.67. The van der Waals surface area contributed by atoms with Crippen LogP contribution in [0.1, 0.15) is 51.5 Å². The first kappa shape index (κ1) is 28.8. The largest absolute Gasteiger partial charge is 0.492 e. The van der Waals surface area contributed by atoms with Gasteiger partial charge in [-0.1, -0.05) is 12.1 Å². The molecule has 1 aromatic carbocycles. The van der Waals surface area contributed by atoms with Gasteiger partial charge in [0.2, 0.25) is 5.92 Å². The average molecular weight is 502 g/mol. The molecule has 1 unspecified atom stereocenters. The summed E-state index contributed by atoms with van der Waals surface area (Å²) in [6, 6.07) is 7.01. The number of alkyl halides is 2. The monoisotopic (exact) mass is 501 g/mol. The second kappa shape index (κ2) is 14.8. The van der Waals surface area contributed by atoms with Crippen LogP contribution in [0.3, 0.4) is 0 Å². The summed E-state index contributed by atoms with van der Waals surface area (Å²) in [5.41, 5.74) is 0.801. The lowest BCUT2D eigenvalue weighted by molar-refractivity contribution is -0.149. The zero-order chi connectivity index (χ0) is 25.7. The minimum atomic E-state index is -2.79. The van der Waals surface area contributed by atoms with Crippen molar-refractivity contribution in [2.45, 2.75) is 70.5 Å². The Kier molecular flexibility index (Phi) is 12.2. The third kappa shape index (κ3) is 11.7. The molecule has 0 aromatic heterocycles. The van der Waals surface area contributed by atoms with E-state index in [4.69, 9.17) is 18.9 Å². The van der Waals surface area contributed by atoms with E-state index in [1.807, 2.05) is 0 Å². The summed E-state index contributed by atoms with van der Waals surface area (Å²) < 4.78 is 47.7. The molecule has 0 saturated heterocycles. The first-order valence-corrected chi connectivity index (χ1v) is 12.1. The Bertz CT molecular complexity index is 764. The summed E-state index contributed by atoms with van der Waals surface area (Å²) in [7, 11) is 0. The van der Waals surface area contributed by atoms with Gasteiger partial charge in [-0.3, -0.25) is 0 Å². The van der Waals surface area contributed by atoms with E-state index < -0.39 is 24.1 Å². The Labute approximate surface area is 205 Å². The van der Waals surface area contributed by atoms with Gasteiger partial charge in [-0.2, -0.15) is 0 Å². The molecule has 1 saturated carbocycles. The maximum absolute atomic E-state index is 12.9. The molecule has 0 heterocycles. The maximum atomic E-state index is 12.9. The molecule has 0 spiro atoms. The van der Waals surface area contributed by atoms with Gasteiger partial charge in [0, 0.05) is 26.0 Å². The Morgan fingerprint density at radius 1 is 1.11 bits per heavy atom. The van der Waals surface area contributed by atoms with Gasteiger partial charge in [-0.15, -0.1) is 0 Å². The van der Waals surface area contributed by atoms with Gasteiger partial charge >= 0.3 is 12.1 Å². The van der Waals surface area contributed by atoms with Crippen LogP contribution in [0, 0.1) is 0 Å². The minimum absolute atomic E-state index is 0.0931. The Balaban J connectivity index is 1.83. The Morgan fingerprint density at radius 2 is 1.77 bits per heavy atom. The Morgan fingerprint density at radius 3 is 2.37 bits per heavy atom. The number of carboxylic acids is 1. The zero-order valence-corrected chi connectivity index (χ0v) is 20.5. The molecule has 1 amide bonds. The number of carbonyl (C=O) groups excluding carboxylic acids is 1. The third-order valence-electron chi connectivity index (χ3n) is 5.64. The summed E-state index contributed by atoms with van der Waals surface area (Å²) in [5.74, 6) is -3.23. The van der Waals surface area contributed by atoms with Gasteiger partial charge in [0.05, 0.1) is 19.8 Å². The lowest BCUT2D eigenvalue weighted by Gasteiger charge is -2.24. The van der Waals surface area contributed by atoms with Crippen molar-refractivity contribution in [3.8, 4) is 5.75 Å². The summed E-state index contributed by atoms with van der Waals surface area (Å²) in [5, 5.41) is 9.22. The average Bonchev–Trinajstić information content (AvgIpc) is 3.30. The predicted molar refractivity (Wildman–Crippen MR) is 125 cm³/mol. The second-order valence-corrected chi connectivity index (χ2v) is 8.69. The molecule has 10 heteroatoms. The first-order chi connectivity index (χ1) is 16.7. The van der Waals surface area contributed by atoms with Gasteiger partial charge in [0.15, 0.2) is 6.10 Å². The van der Waals surface area contributed by atoms with Crippen LogP contribution < -0.4 is 4.74 Å². The van der Waals surface area contributed by atoms with E-state index in [-0.39, 0.29) is 51.9 Å². The molecule has 1 N–H and O–H groups in total. The van der Waals surface area contributed by atoms with Gasteiger partial charge < -0.3 is 29.0 Å². The normalized spacial score (nSPS) is 15.1. The van der Waals surface area contributed by atoms with Crippen LogP contribution in [0.15, 0.2) is 24.3 Å². The fourth-order valence-corrected chi connectivity index (χ4v) is 3.67. The summed E-state index contributed by atoms with van der Waals surface area (Å²) in [6.07, 6.45) is 2.15. The second-order valence-electron chi connectivity index (χ2n) is 8.69. The zero-order valence-electron chi connectivity index (χ0n) is 20.5. The molecule has 0 radical (unpaired) electrons. The van der Waals surface area contributed by atoms with Crippen molar-refractivity contribution in [2.75, 3.05) is 39.5 Å². The molecule has 35 heavy (non-hydrogen) atoms. The first-order valence-electron chi connectivity index (χ1n) is 12.1. The summed E-state index contributed by atoms with van der Waals surface area (Å²) in [4.78, 5) is 25.4. The molecule has 1 aliphatic carbocycles. The van der Waals surface area contributed by atoms with Gasteiger partial charge in [0.1, 0.15) is 18.5 Å². The number of hydrogen-bond donors (Lipinski definition) is 1. The standard InChI is InChI=1S/C25H37F2NO7/c1-3-33-22(23(29)30)18-19-8-10-20(11-9-19)34-17-14-28(13-16-32-15-12-25(2,26)27)24(31)35-21-6-4-5-7-21/h8-11,21-22H,3-7,12-18H2,1-2H3,(H,29,30). The van der Waals surface area contributed by atoms with Crippen LogP contribution in [-0.2, 0) is 25.4 Å². The number of amides is 1. The SMILES string of the molecule is CCOC(Cc1ccc(OCCN(CCOCCC(C)(F)F)C(=O)OC2CCCC2)cc1)C(=O)O. The molecule has 8 nitrogen and oxygen atoms in total. The topological polar surface area (TPSA) is 94.5 Å². The lowest BCUT2D eigenvalue weighted by atomic mass is 10.1. The molecule has 0 bridgehead atoms. The highest BCUT2D eigenvalue weighted by atomic mass is 19.3. The van der Waals surface area contributed by atoms with E-state index in [2.05, 4.69) is 0 Å². The van der Waals surface area contributed by atoms with Crippen molar-refractivity contribution in [3.05, 3.63) is 29.8 Å². The number of rotatable bonds is 16. The number of halogens is 2. The van der Waals surface area contributed by atoms with Crippen molar-refractivity contribution >= 4 is 12.1 Å². The fraction of sp³-hybridized carbons (Fsp3) is 0.680. The highest BCUT2D eigenvalue weighted by molar-refractivity contribution is 5.72. The number of aliphatic carboxylic acids is 1. The van der Waals surface area contributed by atoms with Gasteiger partial charge in [0.25, 0.3) is 0 Å². The van der Waals surface area contributed by atoms with Gasteiger partial charge in [-0.25, -0.2) is 18.4 Å². The Hall–Kier alpha value is -2.46. The third-order valence-corrected chi connectivity index (χ3v) is 5.64. The number of benzene rings is 1.